The molecule has 0 aliphatic carbocycles. The molecule has 1 fully saturated rings. The van der Waals surface area contributed by atoms with Gasteiger partial charge in [-0.25, -0.2) is 4.79 Å². The van der Waals surface area contributed by atoms with Gasteiger partial charge in [0, 0.05) is 13.1 Å². The lowest BCUT2D eigenvalue weighted by Gasteiger charge is -2.17. The molecule has 0 atom stereocenters. The van der Waals surface area contributed by atoms with Gasteiger partial charge in [0.05, 0.1) is 6.61 Å². The van der Waals surface area contributed by atoms with Gasteiger partial charge >= 0.3 is 6.03 Å². The summed E-state index contributed by atoms with van der Waals surface area (Å²) >= 11 is 0. The molecule has 3 amide bonds. The van der Waals surface area contributed by atoms with E-state index >= 15 is 0 Å². The first kappa shape index (κ1) is 29.8. The molecule has 0 radical (unpaired) electrons. The van der Waals surface area contributed by atoms with Gasteiger partial charge in [-0.05, 0) is 79.3 Å². The summed E-state index contributed by atoms with van der Waals surface area (Å²) < 4.78 is 5.94. The van der Waals surface area contributed by atoms with Crippen molar-refractivity contribution in [2.24, 2.45) is 0 Å². The molecule has 0 aromatic heterocycles. The van der Waals surface area contributed by atoms with Crippen LogP contribution in [-0.2, 0) is 30.5 Å². The number of urea groups is 1. The van der Waals surface area contributed by atoms with Crippen LogP contribution in [0, 0.1) is 0 Å². The average molecular weight is 573 g/mol. The third kappa shape index (κ3) is 8.68. The summed E-state index contributed by atoms with van der Waals surface area (Å²) in [5.41, 5.74) is 5.31. The minimum absolute atomic E-state index is 0.198. The van der Waals surface area contributed by atoms with Crippen LogP contribution >= 0.6 is 0 Å². The Balaban J connectivity index is 1.18. The zero-order valence-electron chi connectivity index (χ0n) is 24.7. The summed E-state index contributed by atoms with van der Waals surface area (Å²) in [6.07, 6.45) is 7.62. The van der Waals surface area contributed by atoms with Gasteiger partial charge in [0.25, 0.3) is 5.91 Å². The van der Waals surface area contributed by atoms with Crippen LogP contribution in [0.1, 0.15) is 41.5 Å². The molecule has 0 saturated carbocycles. The highest BCUT2D eigenvalue weighted by Gasteiger charge is 2.39. The number of ether oxygens (including phenoxy) is 1. The van der Waals surface area contributed by atoms with Crippen molar-refractivity contribution >= 4 is 11.9 Å². The largest absolute Gasteiger partial charge is 0.494 e. The lowest BCUT2D eigenvalue weighted by Crippen LogP contribution is -2.34. The zero-order chi connectivity index (χ0) is 29.7. The van der Waals surface area contributed by atoms with Gasteiger partial charge in [-0.1, -0.05) is 109 Å². The number of aryl methyl sites for hydroxylation is 3. The van der Waals surface area contributed by atoms with Crippen LogP contribution in [0.3, 0.4) is 0 Å². The van der Waals surface area contributed by atoms with E-state index in [1.807, 2.05) is 72.8 Å². The van der Waals surface area contributed by atoms with Crippen LogP contribution in [0.15, 0.2) is 127 Å². The summed E-state index contributed by atoms with van der Waals surface area (Å²) in [5.74, 6) is 0.639. The number of hydrogen-bond acceptors (Lipinski definition) is 3. The van der Waals surface area contributed by atoms with E-state index in [4.69, 9.17) is 4.74 Å². The van der Waals surface area contributed by atoms with Crippen LogP contribution in [-0.4, -0.2) is 41.4 Å². The zero-order valence-corrected chi connectivity index (χ0v) is 24.7. The number of carbonyl (C=O) groups is 2. The summed E-state index contributed by atoms with van der Waals surface area (Å²) in [6.45, 7) is 1.58. The Morgan fingerprint density at radius 2 is 1.02 bits per heavy atom. The third-order valence-electron chi connectivity index (χ3n) is 7.77. The van der Waals surface area contributed by atoms with Gasteiger partial charge in [0.1, 0.15) is 11.4 Å². The number of carbonyl (C=O) groups excluding carboxylic acids is 2. The Kier molecular flexibility index (Phi) is 10.8. The highest BCUT2D eigenvalue weighted by molar-refractivity contribution is 6.11. The van der Waals surface area contributed by atoms with E-state index in [1.54, 1.807) is 4.90 Å². The number of rotatable bonds is 15. The SMILES string of the molecule is O=C1C(=CCc2ccc(OCCCc3ccccc3)cc2)N(CCCc2ccccc2)C(=O)N1CCCc1ccccc1. The van der Waals surface area contributed by atoms with Gasteiger partial charge in [-0.2, -0.15) is 0 Å². The number of amides is 3. The number of benzene rings is 4. The van der Waals surface area contributed by atoms with Crippen LogP contribution in [0.5, 0.6) is 5.75 Å². The molecule has 220 valence electrons. The van der Waals surface area contributed by atoms with Crippen molar-refractivity contribution in [1.82, 2.24) is 9.80 Å². The van der Waals surface area contributed by atoms with Crippen molar-refractivity contribution in [3.63, 3.8) is 0 Å². The van der Waals surface area contributed by atoms with Gasteiger partial charge in [0.2, 0.25) is 0 Å². The number of allylic oxidation sites excluding steroid dienone is 1. The monoisotopic (exact) mass is 572 g/mol. The highest BCUT2D eigenvalue weighted by atomic mass is 16.5. The Labute approximate surface area is 255 Å². The molecule has 1 saturated heterocycles. The topological polar surface area (TPSA) is 49.9 Å². The third-order valence-corrected chi connectivity index (χ3v) is 7.77. The predicted molar refractivity (Wildman–Crippen MR) is 172 cm³/mol. The highest BCUT2D eigenvalue weighted by Crippen LogP contribution is 2.24. The Morgan fingerprint density at radius 1 is 0.535 bits per heavy atom. The summed E-state index contributed by atoms with van der Waals surface area (Å²) in [5, 5.41) is 0. The smallest absolute Gasteiger partial charge is 0.331 e. The molecule has 4 aromatic carbocycles. The second kappa shape index (κ2) is 15.5. The van der Waals surface area contributed by atoms with Crippen molar-refractivity contribution in [3.05, 3.63) is 149 Å². The molecule has 4 aromatic rings. The van der Waals surface area contributed by atoms with Gasteiger partial charge in [-0.15, -0.1) is 0 Å². The van der Waals surface area contributed by atoms with Crippen LogP contribution < -0.4 is 4.74 Å². The molecule has 1 aliphatic rings. The van der Waals surface area contributed by atoms with Crippen LogP contribution in [0.25, 0.3) is 0 Å². The molecule has 0 spiro atoms. The molecular formula is C38H40N2O3. The minimum atomic E-state index is -0.211. The van der Waals surface area contributed by atoms with E-state index in [-0.39, 0.29) is 11.9 Å². The van der Waals surface area contributed by atoms with Gasteiger partial charge < -0.3 is 4.74 Å². The molecule has 1 heterocycles. The quantitative estimate of drug-likeness (QED) is 0.0835. The van der Waals surface area contributed by atoms with Crippen molar-refractivity contribution in [2.45, 2.75) is 44.9 Å². The lowest BCUT2D eigenvalue weighted by molar-refractivity contribution is -0.123. The summed E-state index contributed by atoms with van der Waals surface area (Å²) in [6, 6.07) is 38.7. The molecule has 0 bridgehead atoms. The van der Waals surface area contributed by atoms with Crippen LogP contribution in [0.2, 0.25) is 0 Å². The average Bonchev–Trinajstić information content (AvgIpc) is 3.28. The van der Waals surface area contributed by atoms with Crippen molar-refractivity contribution in [3.8, 4) is 5.75 Å². The maximum atomic E-state index is 13.5. The summed E-state index contributed by atoms with van der Waals surface area (Å²) in [4.78, 5) is 30.1. The molecule has 5 heteroatoms. The maximum Gasteiger partial charge on any atom is 0.331 e. The van der Waals surface area contributed by atoms with Gasteiger partial charge in [-0.3, -0.25) is 14.6 Å². The predicted octanol–water partition coefficient (Wildman–Crippen LogP) is 7.65. The molecular weight excluding hydrogens is 532 g/mol. The van der Waals surface area contributed by atoms with Gasteiger partial charge in [0.15, 0.2) is 0 Å². The fourth-order valence-corrected chi connectivity index (χ4v) is 5.42. The first-order chi connectivity index (χ1) is 21.2. The van der Waals surface area contributed by atoms with Crippen molar-refractivity contribution in [2.75, 3.05) is 19.7 Å². The first-order valence-corrected chi connectivity index (χ1v) is 15.3. The second-order valence-electron chi connectivity index (χ2n) is 10.9. The van der Waals surface area contributed by atoms with E-state index in [9.17, 15) is 9.59 Å². The Bertz CT molecular complexity index is 1470. The molecule has 0 N–H and O–H groups in total. The van der Waals surface area contributed by atoms with E-state index in [1.165, 1.54) is 21.6 Å². The van der Waals surface area contributed by atoms with Crippen LogP contribution in [0.4, 0.5) is 4.79 Å². The second-order valence-corrected chi connectivity index (χ2v) is 10.9. The molecule has 1 aliphatic heterocycles. The molecule has 5 nitrogen and oxygen atoms in total. The lowest BCUT2D eigenvalue weighted by atomic mass is 10.1. The number of hydrogen-bond donors (Lipinski definition) is 0. The van der Waals surface area contributed by atoms with E-state index in [0.717, 1.165) is 49.8 Å². The Morgan fingerprint density at radius 3 is 1.56 bits per heavy atom. The van der Waals surface area contributed by atoms with Crippen molar-refractivity contribution in [1.29, 1.82) is 0 Å². The van der Waals surface area contributed by atoms with Crippen molar-refractivity contribution < 1.29 is 14.3 Å². The summed E-state index contributed by atoms with van der Waals surface area (Å²) in [7, 11) is 0. The van der Waals surface area contributed by atoms with E-state index in [2.05, 4.69) is 48.5 Å². The molecule has 0 unspecified atom stereocenters. The Hall–Kier alpha value is -4.64. The normalized spacial score (nSPS) is 14.1. The van der Waals surface area contributed by atoms with E-state index < -0.39 is 0 Å². The molecule has 5 rings (SSSR count). The fraction of sp³-hybridized carbons (Fsp3) is 0.263. The van der Waals surface area contributed by atoms with E-state index in [0.29, 0.717) is 31.8 Å². The molecule has 43 heavy (non-hydrogen) atoms. The number of imide groups is 1. The maximum absolute atomic E-state index is 13.5. The first-order valence-electron chi connectivity index (χ1n) is 15.3. The standard InChI is InChI=1S/C38H40N2O3/c41-37-36(27-24-34-22-25-35(26-23-34)43-30-12-21-33-17-8-3-9-18-33)39(28-10-19-31-13-4-1-5-14-31)38(42)40(37)29-11-20-32-15-6-2-7-16-32/h1-9,13-18,22-23,25-27H,10-12,19-21,24,28-30H2. The fourth-order valence-electron chi connectivity index (χ4n) is 5.42. The minimum Gasteiger partial charge on any atom is -0.494 e. The number of nitrogens with zero attached hydrogens (tertiary/aromatic N) is 2.